The molecule has 0 radical (unpaired) electrons. The summed E-state index contributed by atoms with van der Waals surface area (Å²) in [6.07, 6.45) is 4.97. The summed E-state index contributed by atoms with van der Waals surface area (Å²) in [4.78, 5) is 55.7. The predicted molar refractivity (Wildman–Crippen MR) is 170 cm³/mol. The topological polar surface area (TPSA) is 114 Å². The van der Waals surface area contributed by atoms with Crippen molar-refractivity contribution >= 4 is 23.9 Å². The van der Waals surface area contributed by atoms with Gasteiger partial charge >= 0.3 is 12.1 Å². The average molecular weight is 606 g/mol. The number of carbonyl (C=O) groups excluding carboxylic acids is 4. The molecule has 2 aromatic carbocycles. The summed E-state index contributed by atoms with van der Waals surface area (Å²) in [5.41, 5.74) is -0.592. The van der Waals surface area contributed by atoms with Gasteiger partial charge in [-0.25, -0.2) is 9.59 Å². The fourth-order valence-electron chi connectivity index (χ4n) is 4.45. The van der Waals surface area contributed by atoms with Crippen molar-refractivity contribution in [3.05, 3.63) is 71.3 Å². The summed E-state index contributed by atoms with van der Waals surface area (Å²) in [5, 5.41) is 5.46. The highest BCUT2D eigenvalue weighted by atomic mass is 16.6. The van der Waals surface area contributed by atoms with Crippen LogP contribution in [-0.2, 0) is 30.3 Å². The normalized spacial score (nSPS) is 13.8. The summed E-state index contributed by atoms with van der Waals surface area (Å²) >= 11 is 0. The molecule has 44 heavy (non-hydrogen) atoms. The number of benzene rings is 2. The molecule has 2 aromatic rings. The Bertz CT molecular complexity index is 1340. The van der Waals surface area contributed by atoms with Crippen LogP contribution in [0.2, 0.25) is 0 Å². The molecule has 0 bridgehead atoms. The SMILES string of the molecule is C#Cc1ccc(C(C(=O)NC(Cc2ccccc2)C(=O)OC(C)(C)C)N(C(=O)C(C)NC(=O)OC(C)(C)C)C(C)(C)C)cc1. The molecule has 0 aromatic heterocycles. The Labute approximate surface area is 262 Å². The van der Waals surface area contributed by atoms with Crippen LogP contribution in [0.3, 0.4) is 0 Å². The first kappa shape index (κ1) is 35.9. The van der Waals surface area contributed by atoms with Gasteiger partial charge in [0.1, 0.15) is 29.3 Å². The number of rotatable bonds is 9. The number of nitrogens with one attached hydrogen (secondary N) is 2. The Morgan fingerprint density at radius 1 is 0.818 bits per heavy atom. The third kappa shape index (κ3) is 11.1. The van der Waals surface area contributed by atoms with Crippen molar-refractivity contribution in [2.45, 2.75) is 111 Å². The number of carbonyl (C=O) groups is 4. The number of esters is 1. The Kier molecular flexibility index (Phi) is 11.8. The zero-order chi connectivity index (χ0) is 33.5. The van der Waals surface area contributed by atoms with E-state index >= 15 is 0 Å². The summed E-state index contributed by atoms with van der Waals surface area (Å²) in [7, 11) is 0. The Balaban J connectivity index is 2.58. The zero-order valence-corrected chi connectivity index (χ0v) is 27.6. The zero-order valence-electron chi connectivity index (χ0n) is 27.6. The lowest BCUT2D eigenvalue weighted by Gasteiger charge is -2.43. The van der Waals surface area contributed by atoms with E-state index in [0.29, 0.717) is 11.1 Å². The number of hydrogen-bond acceptors (Lipinski definition) is 6. The molecule has 2 rings (SSSR count). The third-order valence-electron chi connectivity index (χ3n) is 6.25. The fraction of sp³-hybridized carbons (Fsp3) is 0.486. The number of nitrogens with zero attached hydrogens (tertiary/aromatic N) is 1. The fourth-order valence-corrected chi connectivity index (χ4v) is 4.45. The second-order valence-corrected chi connectivity index (χ2v) is 13.7. The van der Waals surface area contributed by atoms with E-state index in [2.05, 4.69) is 16.6 Å². The molecule has 0 aliphatic carbocycles. The molecule has 3 atom stereocenters. The van der Waals surface area contributed by atoms with Crippen LogP contribution in [0.15, 0.2) is 54.6 Å². The number of amides is 3. The molecule has 0 saturated heterocycles. The first-order valence-electron chi connectivity index (χ1n) is 14.7. The van der Waals surface area contributed by atoms with Gasteiger partial charge in [0.25, 0.3) is 0 Å². The molecule has 3 unspecified atom stereocenters. The standard InChI is InChI=1S/C35H47N3O6/c1-12-24-18-20-26(21-19-24)28(38(33(3,4)5)30(40)23(2)36-32(42)44-35(9,10)11)29(39)37-27(31(41)43-34(6,7)8)22-25-16-14-13-15-17-25/h1,13-21,23,27-28H,22H2,2-11H3,(H,36,42)(H,37,39). The lowest BCUT2D eigenvalue weighted by atomic mass is 9.94. The first-order valence-corrected chi connectivity index (χ1v) is 14.7. The number of alkyl carbamates (subject to hydrolysis) is 1. The lowest BCUT2D eigenvalue weighted by Crippen LogP contribution is -2.59. The van der Waals surface area contributed by atoms with Crippen molar-refractivity contribution in [1.29, 1.82) is 0 Å². The predicted octanol–water partition coefficient (Wildman–Crippen LogP) is 5.32. The molecule has 0 aliphatic rings. The molecule has 238 valence electrons. The first-order chi connectivity index (χ1) is 20.2. The Hall–Kier alpha value is -4.32. The number of ether oxygens (including phenoxy) is 2. The van der Waals surface area contributed by atoms with Gasteiger partial charge in [0, 0.05) is 17.5 Å². The summed E-state index contributed by atoms with van der Waals surface area (Å²) in [5.74, 6) is 0.823. The quantitative estimate of drug-likeness (QED) is 0.296. The highest BCUT2D eigenvalue weighted by molar-refractivity contribution is 5.94. The van der Waals surface area contributed by atoms with Crippen molar-refractivity contribution in [2.24, 2.45) is 0 Å². The van der Waals surface area contributed by atoms with Gasteiger partial charge in [-0.2, -0.15) is 0 Å². The van der Waals surface area contributed by atoms with Gasteiger partial charge in [-0.1, -0.05) is 48.4 Å². The van der Waals surface area contributed by atoms with Gasteiger partial charge in [-0.3, -0.25) is 9.59 Å². The largest absolute Gasteiger partial charge is 0.458 e. The van der Waals surface area contributed by atoms with Gasteiger partial charge in [-0.15, -0.1) is 6.42 Å². The van der Waals surface area contributed by atoms with Crippen LogP contribution in [0, 0.1) is 12.3 Å². The monoisotopic (exact) mass is 605 g/mol. The second kappa shape index (κ2) is 14.4. The highest BCUT2D eigenvalue weighted by Crippen LogP contribution is 2.31. The lowest BCUT2D eigenvalue weighted by molar-refractivity contribution is -0.159. The van der Waals surface area contributed by atoms with Crippen molar-refractivity contribution in [1.82, 2.24) is 15.5 Å². The van der Waals surface area contributed by atoms with E-state index in [1.165, 1.54) is 11.8 Å². The third-order valence-corrected chi connectivity index (χ3v) is 6.25. The van der Waals surface area contributed by atoms with Crippen molar-refractivity contribution in [3.8, 4) is 12.3 Å². The van der Waals surface area contributed by atoms with Crippen LogP contribution in [0.5, 0.6) is 0 Å². The minimum absolute atomic E-state index is 0.171. The molecule has 0 spiro atoms. The van der Waals surface area contributed by atoms with E-state index in [4.69, 9.17) is 15.9 Å². The Morgan fingerprint density at radius 3 is 1.84 bits per heavy atom. The number of terminal acetylenes is 1. The molecular weight excluding hydrogens is 558 g/mol. The van der Waals surface area contributed by atoms with Crippen LogP contribution >= 0.6 is 0 Å². The summed E-state index contributed by atoms with van der Waals surface area (Å²) in [6.45, 7) is 17.3. The van der Waals surface area contributed by atoms with E-state index in [9.17, 15) is 19.2 Å². The van der Waals surface area contributed by atoms with E-state index in [-0.39, 0.29) is 6.42 Å². The van der Waals surface area contributed by atoms with Gasteiger partial charge in [0.15, 0.2) is 0 Å². The van der Waals surface area contributed by atoms with Gasteiger partial charge in [0.05, 0.1) is 0 Å². The van der Waals surface area contributed by atoms with E-state index in [0.717, 1.165) is 5.56 Å². The minimum Gasteiger partial charge on any atom is -0.458 e. The van der Waals surface area contributed by atoms with E-state index < -0.39 is 58.7 Å². The molecular formula is C35H47N3O6. The van der Waals surface area contributed by atoms with Gasteiger partial charge in [0.2, 0.25) is 11.8 Å². The molecule has 3 amide bonds. The van der Waals surface area contributed by atoms with Crippen LogP contribution in [0.4, 0.5) is 4.79 Å². The van der Waals surface area contributed by atoms with Gasteiger partial charge in [-0.05, 0) is 92.5 Å². The second-order valence-electron chi connectivity index (χ2n) is 13.7. The molecule has 0 saturated carbocycles. The molecule has 9 heteroatoms. The average Bonchev–Trinajstić information content (AvgIpc) is 2.88. The van der Waals surface area contributed by atoms with E-state index in [1.54, 1.807) is 86.6 Å². The molecule has 0 fully saturated rings. The number of hydrogen-bond donors (Lipinski definition) is 2. The van der Waals surface area contributed by atoms with Crippen molar-refractivity contribution < 1.29 is 28.7 Å². The molecule has 0 heterocycles. The van der Waals surface area contributed by atoms with Crippen LogP contribution in [-0.4, -0.2) is 57.6 Å². The maximum Gasteiger partial charge on any atom is 0.408 e. The maximum atomic E-state index is 14.3. The van der Waals surface area contributed by atoms with Crippen LogP contribution in [0.25, 0.3) is 0 Å². The Morgan fingerprint density at radius 2 is 1.36 bits per heavy atom. The highest BCUT2D eigenvalue weighted by Gasteiger charge is 2.42. The molecule has 2 N–H and O–H groups in total. The van der Waals surface area contributed by atoms with E-state index in [1.807, 2.05) is 30.3 Å². The maximum absolute atomic E-state index is 14.3. The van der Waals surface area contributed by atoms with Crippen LogP contribution < -0.4 is 10.6 Å². The summed E-state index contributed by atoms with van der Waals surface area (Å²) < 4.78 is 11.0. The van der Waals surface area contributed by atoms with Crippen molar-refractivity contribution in [3.63, 3.8) is 0 Å². The minimum atomic E-state index is -1.20. The summed E-state index contributed by atoms with van der Waals surface area (Å²) in [6, 6.07) is 12.7. The van der Waals surface area contributed by atoms with Gasteiger partial charge < -0.3 is 25.0 Å². The smallest absolute Gasteiger partial charge is 0.408 e. The molecule has 9 nitrogen and oxygen atoms in total. The van der Waals surface area contributed by atoms with Crippen LogP contribution in [0.1, 0.15) is 92.0 Å². The molecule has 0 aliphatic heterocycles. The van der Waals surface area contributed by atoms with Crippen molar-refractivity contribution in [2.75, 3.05) is 0 Å².